The Hall–Kier alpha value is -2.15. The number of carbonyl (C=O) groups is 2. The van der Waals surface area contributed by atoms with Gasteiger partial charge in [0.05, 0.1) is 5.92 Å². The molecule has 0 aromatic carbocycles. The van der Waals surface area contributed by atoms with Crippen LogP contribution in [0, 0.1) is 5.92 Å². The lowest BCUT2D eigenvalue weighted by Crippen LogP contribution is -2.38. The smallest absolute Gasteiger partial charge is 0.308 e. The van der Waals surface area contributed by atoms with Gasteiger partial charge in [-0.05, 0) is 19.4 Å². The summed E-state index contributed by atoms with van der Waals surface area (Å²) < 4.78 is 6.62. The standard InChI is InChI=1S/C16H24N2O5/c1-4-23-9-5-7-18(11-12(2)16(21)22)15(20)13-6-8-17(3)14(19)10-13/h6,8,10,12H,4-5,7,9,11H2,1-3H3,(H,21,22). The fourth-order valence-corrected chi connectivity index (χ4v) is 2.05. The summed E-state index contributed by atoms with van der Waals surface area (Å²) in [6.45, 7) is 5.00. The number of rotatable bonds is 9. The van der Waals surface area contributed by atoms with Gasteiger partial charge in [-0.15, -0.1) is 0 Å². The van der Waals surface area contributed by atoms with Crippen LogP contribution < -0.4 is 5.56 Å². The fourth-order valence-electron chi connectivity index (χ4n) is 2.05. The van der Waals surface area contributed by atoms with Crippen LogP contribution in [0.2, 0.25) is 0 Å². The van der Waals surface area contributed by atoms with Gasteiger partial charge in [0.2, 0.25) is 0 Å². The zero-order chi connectivity index (χ0) is 17.4. The van der Waals surface area contributed by atoms with Crippen LogP contribution >= 0.6 is 0 Å². The quantitative estimate of drug-likeness (QED) is 0.684. The van der Waals surface area contributed by atoms with E-state index in [4.69, 9.17) is 9.84 Å². The number of aliphatic carboxylic acids is 1. The summed E-state index contributed by atoms with van der Waals surface area (Å²) in [6.07, 6.45) is 2.13. The predicted octanol–water partition coefficient (Wildman–Crippen LogP) is 0.975. The highest BCUT2D eigenvalue weighted by atomic mass is 16.5. The third-order valence-electron chi connectivity index (χ3n) is 3.48. The maximum absolute atomic E-state index is 12.6. The first kappa shape index (κ1) is 18.9. The molecular formula is C16H24N2O5. The van der Waals surface area contributed by atoms with Crippen LogP contribution in [0.15, 0.2) is 23.1 Å². The molecule has 0 fully saturated rings. The van der Waals surface area contributed by atoms with E-state index in [1.54, 1.807) is 20.0 Å². The normalized spacial score (nSPS) is 12.0. The lowest BCUT2D eigenvalue weighted by Gasteiger charge is -2.24. The second kappa shape index (κ2) is 9.09. The first-order valence-electron chi connectivity index (χ1n) is 7.63. The number of carboxylic acids is 1. The molecule has 1 unspecified atom stereocenters. The summed E-state index contributed by atoms with van der Waals surface area (Å²) in [7, 11) is 1.60. The zero-order valence-corrected chi connectivity index (χ0v) is 13.8. The molecular weight excluding hydrogens is 300 g/mol. The highest BCUT2D eigenvalue weighted by Crippen LogP contribution is 2.08. The van der Waals surface area contributed by atoms with Gasteiger partial charge in [-0.25, -0.2) is 0 Å². The number of carboxylic acid groups (broad SMARTS) is 1. The van der Waals surface area contributed by atoms with E-state index in [-0.39, 0.29) is 23.6 Å². The monoisotopic (exact) mass is 324 g/mol. The number of amides is 1. The molecule has 1 rings (SSSR count). The maximum atomic E-state index is 12.6. The summed E-state index contributed by atoms with van der Waals surface area (Å²) in [4.78, 5) is 36.8. The third kappa shape index (κ3) is 5.86. The molecule has 0 radical (unpaired) electrons. The van der Waals surface area contributed by atoms with Gasteiger partial charge < -0.3 is 19.3 Å². The maximum Gasteiger partial charge on any atom is 0.308 e. The van der Waals surface area contributed by atoms with Crippen LogP contribution in [-0.4, -0.2) is 52.8 Å². The topological polar surface area (TPSA) is 88.8 Å². The zero-order valence-electron chi connectivity index (χ0n) is 13.8. The Bertz CT molecular complexity index is 596. The van der Waals surface area contributed by atoms with E-state index in [0.717, 1.165) is 0 Å². The van der Waals surface area contributed by atoms with Crippen molar-refractivity contribution in [1.29, 1.82) is 0 Å². The van der Waals surface area contributed by atoms with Gasteiger partial charge in [0.25, 0.3) is 11.5 Å². The predicted molar refractivity (Wildman–Crippen MR) is 85.5 cm³/mol. The SMILES string of the molecule is CCOCCCN(CC(C)C(=O)O)C(=O)c1ccn(C)c(=O)c1. The Balaban J connectivity index is 2.87. The summed E-state index contributed by atoms with van der Waals surface area (Å²) in [5, 5.41) is 9.06. The first-order valence-corrected chi connectivity index (χ1v) is 7.63. The number of hydrogen-bond donors (Lipinski definition) is 1. The molecule has 1 aromatic rings. The van der Waals surface area contributed by atoms with Crippen LogP contribution in [0.4, 0.5) is 0 Å². The molecule has 23 heavy (non-hydrogen) atoms. The number of aryl methyl sites for hydroxylation is 1. The first-order chi connectivity index (χ1) is 10.9. The highest BCUT2D eigenvalue weighted by Gasteiger charge is 2.21. The molecule has 0 aliphatic rings. The number of aromatic nitrogens is 1. The highest BCUT2D eigenvalue weighted by molar-refractivity contribution is 5.94. The van der Waals surface area contributed by atoms with Crippen molar-refractivity contribution in [3.8, 4) is 0 Å². The van der Waals surface area contributed by atoms with Crippen LogP contribution in [0.5, 0.6) is 0 Å². The van der Waals surface area contributed by atoms with Crippen molar-refractivity contribution in [3.05, 3.63) is 34.2 Å². The second-order valence-corrected chi connectivity index (χ2v) is 5.41. The Morgan fingerprint density at radius 2 is 2.13 bits per heavy atom. The summed E-state index contributed by atoms with van der Waals surface area (Å²) >= 11 is 0. The molecule has 1 atom stereocenters. The minimum absolute atomic E-state index is 0.0928. The van der Waals surface area contributed by atoms with Crippen molar-refractivity contribution < 1.29 is 19.4 Å². The molecule has 0 bridgehead atoms. The number of nitrogens with zero attached hydrogens (tertiary/aromatic N) is 2. The van der Waals surface area contributed by atoms with Crippen molar-refractivity contribution >= 4 is 11.9 Å². The molecule has 1 N–H and O–H groups in total. The molecule has 128 valence electrons. The minimum Gasteiger partial charge on any atom is -0.481 e. The van der Waals surface area contributed by atoms with Gasteiger partial charge >= 0.3 is 5.97 Å². The Labute approximate surface area is 135 Å². The van der Waals surface area contributed by atoms with Crippen LogP contribution in [0.1, 0.15) is 30.6 Å². The summed E-state index contributed by atoms with van der Waals surface area (Å²) in [5.74, 6) is -1.98. The number of ether oxygens (including phenoxy) is 1. The third-order valence-corrected chi connectivity index (χ3v) is 3.48. The van der Waals surface area contributed by atoms with E-state index in [2.05, 4.69) is 0 Å². The van der Waals surface area contributed by atoms with Gasteiger partial charge in [0, 0.05) is 51.2 Å². The summed E-state index contributed by atoms with van der Waals surface area (Å²) in [6, 6.07) is 2.83. The Morgan fingerprint density at radius 1 is 1.43 bits per heavy atom. The molecule has 0 saturated heterocycles. The van der Waals surface area contributed by atoms with Crippen molar-refractivity contribution in [1.82, 2.24) is 9.47 Å². The van der Waals surface area contributed by atoms with Crippen LogP contribution in [0.25, 0.3) is 0 Å². The summed E-state index contributed by atoms with van der Waals surface area (Å²) in [5.41, 5.74) is -0.0153. The number of pyridine rings is 1. The molecule has 0 aliphatic heterocycles. The average molecular weight is 324 g/mol. The van der Waals surface area contributed by atoms with E-state index in [0.29, 0.717) is 26.2 Å². The Morgan fingerprint density at radius 3 is 2.70 bits per heavy atom. The van der Waals surface area contributed by atoms with Gasteiger partial charge in [0.1, 0.15) is 0 Å². The van der Waals surface area contributed by atoms with Crippen molar-refractivity contribution in [2.75, 3.05) is 26.3 Å². The fraction of sp³-hybridized carbons (Fsp3) is 0.562. The lowest BCUT2D eigenvalue weighted by atomic mass is 10.1. The second-order valence-electron chi connectivity index (χ2n) is 5.41. The van der Waals surface area contributed by atoms with E-state index in [1.165, 1.54) is 21.7 Å². The van der Waals surface area contributed by atoms with E-state index in [9.17, 15) is 14.4 Å². The molecule has 0 saturated carbocycles. The van der Waals surface area contributed by atoms with Crippen LogP contribution in [-0.2, 0) is 16.6 Å². The van der Waals surface area contributed by atoms with E-state index < -0.39 is 11.9 Å². The molecule has 1 heterocycles. The minimum atomic E-state index is -0.961. The molecule has 0 aliphatic carbocycles. The largest absolute Gasteiger partial charge is 0.481 e. The average Bonchev–Trinajstić information content (AvgIpc) is 2.52. The van der Waals surface area contributed by atoms with Crippen molar-refractivity contribution in [3.63, 3.8) is 0 Å². The number of hydrogen-bond acceptors (Lipinski definition) is 4. The number of carbonyl (C=O) groups excluding carboxylic acids is 1. The van der Waals surface area contributed by atoms with Crippen molar-refractivity contribution in [2.45, 2.75) is 20.3 Å². The van der Waals surface area contributed by atoms with Gasteiger partial charge in [0.15, 0.2) is 0 Å². The lowest BCUT2D eigenvalue weighted by molar-refractivity contribution is -0.141. The molecule has 1 aromatic heterocycles. The molecule has 7 heteroatoms. The van der Waals surface area contributed by atoms with Crippen molar-refractivity contribution in [2.24, 2.45) is 13.0 Å². The van der Waals surface area contributed by atoms with Gasteiger partial charge in [-0.2, -0.15) is 0 Å². The Kier molecular flexibility index (Phi) is 7.47. The van der Waals surface area contributed by atoms with E-state index >= 15 is 0 Å². The molecule has 1 amide bonds. The van der Waals surface area contributed by atoms with E-state index in [1.807, 2.05) is 6.92 Å². The van der Waals surface area contributed by atoms with Gasteiger partial charge in [-0.1, -0.05) is 6.92 Å². The van der Waals surface area contributed by atoms with Gasteiger partial charge in [-0.3, -0.25) is 14.4 Å². The van der Waals surface area contributed by atoms with Crippen LogP contribution in [0.3, 0.4) is 0 Å². The molecule has 0 spiro atoms. The molecule has 7 nitrogen and oxygen atoms in total.